The van der Waals surface area contributed by atoms with Gasteiger partial charge in [0.25, 0.3) is 0 Å². The zero-order valence-electron chi connectivity index (χ0n) is 13.7. The molecule has 0 N–H and O–H groups in total. The molecule has 0 heterocycles. The summed E-state index contributed by atoms with van der Waals surface area (Å²) in [5.74, 6) is 0.580. The molecular weight excluding hydrogens is 240 g/mol. The normalized spacial score (nSPS) is 11.2. The van der Waals surface area contributed by atoms with E-state index in [4.69, 9.17) is 0 Å². The van der Waals surface area contributed by atoms with Gasteiger partial charge in [0.05, 0.1) is 0 Å². The molecule has 2 aromatic carbocycles. The highest BCUT2D eigenvalue weighted by Gasteiger charge is 2.11. The fourth-order valence-corrected chi connectivity index (χ4v) is 3.25. The Morgan fingerprint density at radius 2 is 1.50 bits per heavy atom. The van der Waals surface area contributed by atoms with Crippen molar-refractivity contribution >= 4 is 0 Å². The average Bonchev–Trinajstić information content (AvgIpc) is 2.37. The minimum atomic E-state index is 0.580. The molecule has 0 nitrogen and oxygen atoms in total. The van der Waals surface area contributed by atoms with Crippen molar-refractivity contribution in [2.45, 2.75) is 53.9 Å². The number of hydrogen-bond acceptors (Lipinski definition) is 0. The molecule has 106 valence electrons. The summed E-state index contributed by atoms with van der Waals surface area (Å²) >= 11 is 0. The van der Waals surface area contributed by atoms with E-state index in [0.29, 0.717) is 5.92 Å². The summed E-state index contributed by atoms with van der Waals surface area (Å²) in [7, 11) is 0. The zero-order chi connectivity index (χ0) is 14.9. The highest BCUT2D eigenvalue weighted by atomic mass is 14.2. The zero-order valence-corrected chi connectivity index (χ0v) is 13.7. The van der Waals surface area contributed by atoms with E-state index >= 15 is 0 Å². The van der Waals surface area contributed by atoms with Crippen LogP contribution in [0.1, 0.15) is 54.5 Å². The predicted octanol–water partition coefficient (Wildman–Crippen LogP) is 5.96. The lowest BCUT2D eigenvalue weighted by molar-refractivity contribution is 0.845. The second kappa shape index (κ2) is 5.83. The Balaban J connectivity index is 2.62. The highest BCUT2D eigenvalue weighted by Crippen LogP contribution is 2.32. The standard InChI is InChI=1S/C20H26/c1-7-17-8-9-18(12-19(17)13(2)3)20-15(5)10-14(4)11-16(20)6/h8-13H,7H2,1-6H3. The molecule has 0 saturated heterocycles. The maximum absolute atomic E-state index is 2.40. The van der Waals surface area contributed by atoms with Gasteiger partial charge in [0, 0.05) is 0 Å². The van der Waals surface area contributed by atoms with E-state index in [0.717, 1.165) is 6.42 Å². The molecule has 0 radical (unpaired) electrons. The van der Waals surface area contributed by atoms with Gasteiger partial charge in [-0.3, -0.25) is 0 Å². The Morgan fingerprint density at radius 1 is 0.900 bits per heavy atom. The minimum absolute atomic E-state index is 0.580. The first kappa shape index (κ1) is 14.8. The Bertz CT molecular complexity index is 595. The van der Waals surface area contributed by atoms with Crippen LogP contribution in [0.25, 0.3) is 11.1 Å². The molecule has 0 atom stereocenters. The lowest BCUT2D eigenvalue weighted by atomic mass is 9.88. The van der Waals surface area contributed by atoms with Crippen LogP contribution in [0.3, 0.4) is 0 Å². The van der Waals surface area contributed by atoms with E-state index in [1.807, 2.05) is 0 Å². The van der Waals surface area contributed by atoms with E-state index < -0.39 is 0 Å². The minimum Gasteiger partial charge on any atom is -0.0613 e. The molecule has 0 fully saturated rings. The van der Waals surface area contributed by atoms with Gasteiger partial charge < -0.3 is 0 Å². The van der Waals surface area contributed by atoms with Crippen molar-refractivity contribution in [2.75, 3.05) is 0 Å². The molecule has 0 bridgehead atoms. The van der Waals surface area contributed by atoms with Crippen molar-refractivity contribution in [1.82, 2.24) is 0 Å². The summed E-state index contributed by atoms with van der Waals surface area (Å²) in [5.41, 5.74) is 9.83. The first-order valence-corrected chi connectivity index (χ1v) is 7.65. The molecule has 0 spiro atoms. The van der Waals surface area contributed by atoms with Crippen molar-refractivity contribution < 1.29 is 0 Å². The van der Waals surface area contributed by atoms with Crippen LogP contribution in [-0.2, 0) is 6.42 Å². The second-order valence-electron chi connectivity index (χ2n) is 6.20. The number of benzene rings is 2. The van der Waals surface area contributed by atoms with Crippen molar-refractivity contribution in [3.63, 3.8) is 0 Å². The van der Waals surface area contributed by atoms with Crippen molar-refractivity contribution in [2.24, 2.45) is 0 Å². The Kier molecular flexibility index (Phi) is 4.32. The first-order chi connectivity index (χ1) is 9.43. The summed E-state index contributed by atoms with van der Waals surface area (Å²) < 4.78 is 0. The molecule has 2 aromatic rings. The fourth-order valence-electron chi connectivity index (χ4n) is 3.25. The van der Waals surface area contributed by atoms with E-state index in [2.05, 4.69) is 71.9 Å². The lowest BCUT2D eigenvalue weighted by Crippen LogP contribution is -1.97. The summed E-state index contributed by atoms with van der Waals surface area (Å²) in [6.45, 7) is 13.4. The Hall–Kier alpha value is -1.56. The van der Waals surface area contributed by atoms with Crippen LogP contribution in [0.2, 0.25) is 0 Å². The van der Waals surface area contributed by atoms with Crippen LogP contribution in [0.15, 0.2) is 30.3 Å². The van der Waals surface area contributed by atoms with Crippen LogP contribution in [-0.4, -0.2) is 0 Å². The van der Waals surface area contributed by atoms with Crippen LogP contribution >= 0.6 is 0 Å². The van der Waals surface area contributed by atoms with Gasteiger partial charge in [-0.1, -0.05) is 56.7 Å². The number of rotatable bonds is 3. The third kappa shape index (κ3) is 2.80. The largest absolute Gasteiger partial charge is 0.0613 e. The number of aryl methyl sites for hydroxylation is 4. The van der Waals surface area contributed by atoms with Crippen LogP contribution in [0, 0.1) is 20.8 Å². The molecule has 0 aliphatic rings. The van der Waals surface area contributed by atoms with Gasteiger partial charge in [-0.15, -0.1) is 0 Å². The summed E-state index contributed by atoms with van der Waals surface area (Å²) in [6.07, 6.45) is 1.11. The van der Waals surface area contributed by atoms with E-state index in [-0.39, 0.29) is 0 Å². The third-order valence-corrected chi connectivity index (χ3v) is 4.11. The Labute approximate surface area is 123 Å². The van der Waals surface area contributed by atoms with Gasteiger partial charge in [0.2, 0.25) is 0 Å². The van der Waals surface area contributed by atoms with Gasteiger partial charge in [0.15, 0.2) is 0 Å². The molecule has 2 rings (SSSR count). The monoisotopic (exact) mass is 266 g/mol. The predicted molar refractivity (Wildman–Crippen MR) is 89.6 cm³/mol. The molecule has 0 heteroatoms. The van der Waals surface area contributed by atoms with Crippen molar-refractivity contribution in [1.29, 1.82) is 0 Å². The van der Waals surface area contributed by atoms with Crippen molar-refractivity contribution in [3.8, 4) is 11.1 Å². The molecule has 0 saturated carbocycles. The van der Waals surface area contributed by atoms with Crippen LogP contribution in [0.4, 0.5) is 0 Å². The summed E-state index contributed by atoms with van der Waals surface area (Å²) in [5, 5.41) is 0. The molecule has 0 aromatic heterocycles. The topological polar surface area (TPSA) is 0 Å². The van der Waals surface area contributed by atoms with Crippen LogP contribution < -0.4 is 0 Å². The molecule has 0 aliphatic carbocycles. The molecule has 0 unspecified atom stereocenters. The average molecular weight is 266 g/mol. The third-order valence-electron chi connectivity index (χ3n) is 4.11. The van der Waals surface area contributed by atoms with Crippen molar-refractivity contribution in [3.05, 3.63) is 58.1 Å². The molecule has 0 amide bonds. The maximum atomic E-state index is 2.40. The summed E-state index contributed by atoms with van der Waals surface area (Å²) in [4.78, 5) is 0. The number of hydrogen-bond donors (Lipinski definition) is 0. The van der Waals surface area contributed by atoms with Crippen LogP contribution in [0.5, 0.6) is 0 Å². The van der Waals surface area contributed by atoms with Gasteiger partial charge >= 0.3 is 0 Å². The van der Waals surface area contributed by atoms with Gasteiger partial charge in [-0.2, -0.15) is 0 Å². The fraction of sp³-hybridized carbons (Fsp3) is 0.400. The van der Waals surface area contributed by atoms with E-state index in [1.165, 1.54) is 38.9 Å². The SMILES string of the molecule is CCc1ccc(-c2c(C)cc(C)cc2C)cc1C(C)C. The van der Waals surface area contributed by atoms with Gasteiger partial charge in [-0.05, 0) is 66.5 Å². The van der Waals surface area contributed by atoms with E-state index in [1.54, 1.807) is 0 Å². The van der Waals surface area contributed by atoms with Gasteiger partial charge in [-0.25, -0.2) is 0 Å². The van der Waals surface area contributed by atoms with E-state index in [9.17, 15) is 0 Å². The molecular formula is C20H26. The molecule has 0 aliphatic heterocycles. The first-order valence-electron chi connectivity index (χ1n) is 7.65. The smallest absolute Gasteiger partial charge is 0.0125 e. The van der Waals surface area contributed by atoms with Gasteiger partial charge in [0.1, 0.15) is 0 Å². The summed E-state index contributed by atoms with van der Waals surface area (Å²) in [6, 6.07) is 11.6. The second-order valence-corrected chi connectivity index (χ2v) is 6.20. The molecule has 20 heavy (non-hydrogen) atoms. The quantitative estimate of drug-likeness (QED) is 0.642. The highest BCUT2D eigenvalue weighted by molar-refractivity contribution is 5.72. The lowest BCUT2D eigenvalue weighted by Gasteiger charge is -2.17. The Morgan fingerprint density at radius 3 is 2.00 bits per heavy atom. The maximum Gasteiger partial charge on any atom is -0.0125 e.